The summed E-state index contributed by atoms with van der Waals surface area (Å²) in [6, 6.07) is 8.47. The van der Waals surface area contributed by atoms with Crippen LogP contribution >= 0.6 is 24.0 Å². The van der Waals surface area contributed by atoms with Crippen LogP contribution in [0.1, 0.15) is 50.2 Å². The monoisotopic (exact) mass is 530 g/mol. The van der Waals surface area contributed by atoms with Crippen LogP contribution < -0.4 is 10.6 Å². The van der Waals surface area contributed by atoms with E-state index >= 15 is 0 Å². The number of nitrogens with one attached hydrogen (secondary N) is 2. The van der Waals surface area contributed by atoms with Crippen molar-refractivity contribution < 1.29 is 9.47 Å². The van der Waals surface area contributed by atoms with Crippen molar-refractivity contribution in [1.29, 1.82) is 0 Å². The van der Waals surface area contributed by atoms with Gasteiger partial charge in [0.1, 0.15) is 0 Å². The Kier molecular flexibility index (Phi) is 11.4. The standard InChI is InChI=1S/C23H38N4O2.HI/c1-3-24-22(25-17-20-8-7-9-21(16-20)18-28-2)26-19-23(10-5-4-6-11-23)27-12-14-29-15-13-27;/h7-9,16H,3-6,10-15,17-19H2,1-2H3,(H2,24,25,26);1H. The summed E-state index contributed by atoms with van der Waals surface area (Å²) in [6.45, 7) is 9.03. The molecule has 2 N–H and O–H groups in total. The van der Waals surface area contributed by atoms with E-state index in [-0.39, 0.29) is 29.5 Å². The normalized spacial score (nSPS) is 19.7. The number of halogens is 1. The van der Waals surface area contributed by atoms with E-state index in [2.05, 4.69) is 46.7 Å². The van der Waals surface area contributed by atoms with Crippen molar-refractivity contribution >= 4 is 29.9 Å². The highest BCUT2D eigenvalue weighted by Crippen LogP contribution is 2.33. The summed E-state index contributed by atoms with van der Waals surface area (Å²) in [5.74, 6) is 0.905. The van der Waals surface area contributed by atoms with Crippen LogP contribution in [0.2, 0.25) is 0 Å². The van der Waals surface area contributed by atoms with Crippen LogP contribution in [0.15, 0.2) is 29.3 Å². The van der Waals surface area contributed by atoms with Crippen LogP contribution in [0.3, 0.4) is 0 Å². The van der Waals surface area contributed by atoms with Crippen molar-refractivity contribution in [1.82, 2.24) is 15.5 Å². The molecule has 1 heterocycles. The highest BCUT2D eigenvalue weighted by molar-refractivity contribution is 14.0. The minimum absolute atomic E-state index is 0. The lowest BCUT2D eigenvalue weighted by Crippen LogP contribution is -2.60. The van der Waals surface area contributed by atoms with E-state index in [9.17, 15) is 0 Å². The fourth-order valence-electron chi connectivity index (χ4n) is 4.60. The molecule has 2 fully saturated rings. The quantitative estimate of drug-likeness (QED) is 0.306. The molecular formula is C23H39IN4O2. The highest BCUT2D eigenvalue weighted by atomic mass is 127. The predicted molar refractivity (Wildman–Crippen MR) is 134 cm³/mol. The molecule has 0 unspecified atom stereocenters. The molecule has 6 nitrogen and oxygen atoms in total. The SMILES string of the molecule is CCNC(=NCc1cccc(COC)c1)NCC1(N2CCOCC2)CCCCC1.I. The Morgan fingerprint density at radius 2 is 1.87 bits per heavy atom. The second kappa shape index (κ2) is 13.5. The van der Waals surface area contributed by atoms with Crippen LogP contribution in [0.25, 0.3) is 0 Å². The third kappa shape index (κ3) is 7.35. The second-order valence-corrected chi connectivity index (χ2v) is 8.19. The number of benzene rings is 1. The lowest BCUT2D eigenvalue weighted by molar-refractivity contribution is -0.0352. The fraction of sp³-hybridized carbons (Fsp3) is 0.696. The van der Waals surface area contributed by atoms with E-state index in [4.69, 9.17) is 14.5 Å². The van der Waals surface area contributed by atoms with Crippen molar-refractivity contribution in [3.8, 4) is 0 Å². The molecule has 1 saturated carbocycles. The van der Waals surface area contributed by atoms with Crippen LogP contribution in [-0.2, 0) is 22.6 Å². The van der Waals surface area contributed by atoms with E-state index in [1.165, 1.54) is 43.2 Å². The number of nitrogens with zero attached hydrogens (tertiary/aromatic N) is 2. The van der Waals surface area contributed by atoms with E-state index < -0.39 is 0 Å². The second-order valence-electron chi connectivity index (χ2n) is 8.19. The Morgan fingerprint density at radius 3 is 2.57 bits per heavy atom. The van der Waals surface area contributed by atoms with Gasteiger partial charge in [0.05, 0.1) is 26.4 Å². The summed E-state index contributed by atoms with van der Waals surface area (Å²) >= 11 is 0. The summed E-state index contributed by atoms with van der Waals surface area (Å²) in [6.07, 6.45) is 6.52. The van der Waals surface area contributed by atoms with Crippen molar-refractivity contribution in [2.75, 3.05) is 46.5 Å². The summed E-state index contributed by atoms with van der Waals surface area (Å²) in [5, 5.41) is 7.09. The van der Waals surface area contributed by atoms with Gasteiger partial charge in [-0.1, -0.05) is 43.5 Å². The van der Waals surface area contributed by atoms with Crippen LogP contribution in [0.4, 0.5) is 0 Å². The average Bonchev–Trinajstić information content (AvgIpc) is 2.77. The van der Waals surface area contributed by atoms with Gasteiger partial charge in [0.25, 0.3) is 0 Å². The van der Waals surface area contributed by atoms with Gasteiger partial charge in [-0.25, -0.2) is 4.99 Å². The van der Waals surface area contributed by atoms with Crippen molar-refractivity contribution in [2.45, 2.75) is 57.7 Å². The molecule has 1 aromatic carbocycles. The summed E-state index contributed by atoms with van der Waals surface area (Å²) < 4.78 is 10.9. The van der Waals surface area contributed by atoms with Crippen molar-refractivity contribution in [3.05, 3.63) is 35.4 Å². The number of guanidine groups is 1. The zero-order chi connectivity index (χ0) is 20.4. The highest BCUT2D eigenvalue weighted by Gasteiger charge is 2.38. The summed E-state index contributed by atoms with van der Waals surface area (Å²) in [5.41, 5.74) is 2.63. The van der Waals surface area contributed by atoms with Gasteiger partial charge in [-0.15, -0.1) is 24.0 Å². The molecule has 170 valence electrons. The number of hydrogen-bond acceptors (Lipinski definition) is 4. The molecule has 0 radical (unpaired) electrons. The minimum atomic E-state index is 0. The van der Waals surface area contributed by atoms with Gasteiger partial charge in [-0.3, -0.25) is 4.90 Å². The van der Waals surface area contributed by atoms with Gasteiger partial charge in [-0.05, 0) is 30.9 Å². The zero-order valence-electron chi connectivity index (χ0n) is 18.6. The van der Waals surface area contributed by atoms with Gasteiger partial charge < -0.3 is 20.1 Å². The van der Waals surface area contributed by atoms with Crippen molar-refractivity contribution in [3.63, 3.8) is 0 Å². The van der Waals surface area contributed by atoms with Crippen LogP contribution in [-0.4, -0.2) is 62.9 Å². The molecular weight excluding hydrogens is 491 g/mol. The van der Waals surface area contributed by atoms with Gasteiger partial charge in [0, 0.05) is 38.8 Å². The Labute approximate surface area is 199 Å². The van der Waals surface area contributed by atoms with Crippen molar-refractivity contribution in [2.24, 2.45) is 4.99 Å². The van der Waals surface area contributed by atoms with Gasteiger partial charge in [0.2, 0.25) is 0 Å². The first-order valence-corrected chi connectivity index (χ1v) is 11.2. The Morgan fingerprint density at radius 1 is 1.13 bits per heavy atom. The average molecular weight is 530 g/mol. The molecule has 0 amide bonds. The molecule has 2 aliphatic rings. The molecule has 1 aliphatic carbocycles. The topological polar surface area (TPSA) is 58.1 Å². The first-order chi connectivity index (χ1) is 14.3. The van der Waals surface area contributed by atoms with E-state index in [1.54, 1.807) is 7.11 Å². The van der Waals surface area contributed by atoms with Gasteiger partial charge >= 0.3 is 0 Å². The lowest BCUT2D eigenvalue weighted by Gasteiger charge is -2.48. The van der Waals surface area contributed by atoms with E-state index in [1.807, 2.05) is 0 Å². The Balaban J connectivity index is 0.00000320. The summed E-state index contributed by atoms with van der Waals surface area (Å²) in [7, 11) is 1.73. The smallest absolute Gasteiger partial charge is 0.191 e. The molecule has 1 saturated heterocycles. The minimum Gasteiger partial charge on any atom is -0.380 e. The van der Waals surface area contributed by atoms with E-state index in [0.29, 0.717) is 13.2 Å². The third-order valence-corrected chi connectivity index (χ3v) is 6.12. The maximum atomic E-state index is 5.61. The lowest BCUT2D eigenvalue weighted by atomic mass is 9.80. The van der Waals surface area contributed by atoms with Gasteiger partial charge in [-0.2, -0.15) is 0 Å². The number of rotatable bonds is 8. The molecule has 0 aromatic heterocycles. The molecule has 30 heavy (non-hydrogen) atoms. The molecule has 3 rings (SSSR count). The fourth-order valence-corrected chi connectivity index (χ4v) is 4.60. The van der Waals surface area contributed by atoms with Crippen LogP contribution in [0, 0.1) is 0 Å². The molecule has 1 aromatic rings. The van der Waals surface area contributed by atoms with E-state index in [0.717, 1.165) is 45.4 Å². The number of ether oxygens (including phenoxy) is 2. The maximum Gasteiger partial charge on any atom is 0.191 e. The molecule has 7 heteroatoms. The molecule has 0 spiro atoms. The Hall–Kier alpha value is -0.900. The first kappa shape index (κ1) is 25.4. The third-order valence-electron chi connectivity index (χ3n) is 6.12. The largest absolute Gasteiger partial charge is 0.380 e. The molecule has 0 atom stereocenters. The molecule has 1 aliphatic heterocycles. The molecule has 0 bridgehead atoms. The zero-order valence-corrected chi connectivity index (χ0v) is 21.0. The number of methoxy groups -OCH3 is 1. The predicted octanol–water partition coefficient (Wildman–Crippen LogP) is 3.54. The number of aliphatic imine (C=N–C) groups is 1. The number of morpholine rings is 1. The van der Waals surface area contributed by atoms with Gasteiger partial charge in [0.15, 0.2) is 5.96 Å². The maximum absolute atomic E-state index is 5.61. The van der Waals surface area contributed by atoms with Crippen LogP contribution in [0.5, 0.6) is 0 Å². The number of hydrogen-bond donors (Lipinski definition) is 2. The first-order valence-electron chi connectivity index (χ1n) is 11.2. The summed E-state index contributed by atoms with van der Waals surface area (Å²) in [4.78, 5) is 7.52. The Bertz CT molecular complexity index is 644.